The van der Waals surface area contributed by atoms with Crippen molar-refractivity contribution in [2.45, 2.75) is 25.7 Å². The lowest BCUT2D eigenvalue weighted by atomic mass is 10.2. The quantitative estimate of drug-likeness (QED) is 0.898. The molecule has 1 aromatic carbocycles. The first kappa shape index (κ1) is 15.4. The number of hydrogen-bond donors (Lipinski definition) is 2. The fourth-order valence-electron chi connectivity index (χ4n) is 2.63. The molecule has 1 unspecified atom stereocenters. The van der Waals surface area contributed by atoms with Gasteiger partial charge >= 0.3 is 0 Å². The number of nitrogens with zero attached hydrogens (tertiary/aromatic N) is 3. The Morgan fingerprint density at radius 2 is 2.14 bits per heavy atom. The molecule has 2 aromatic rings. The third-order valence-electron chi connectivity index (χ3n) is 3.80. The molecular weight excluding hydrogens is 309 g/mol. The maximum atomic E-state index is 13.2. The molecule has 0 aliphatic carbocycles. The molecule has 118 valence electrons. The number of hydrogen-bond acceptors (Lipinski definition) is 4. The van der Waals surface area contributed by atoms with Crippen molar-refractivity contribution >= 4 is 11.6 Å². The Balaban J connectivity index is 1.71. The van der Waals surface area contributed by atoms with Crippen LogP contribution in [-0.2, 0) is 19.6 Å². The molecule has 1 aliphatic heterocycles. The number of rotatable bonds is 4. The maximum Gasteiger partial charge on any atom is 0.141 e. The third-order valence-corrected chi connectivity index (χ3v) is 4.09. The lowest BCUT2D eigenvalue weighted by molar-refractivity contribution is 0.0915. The highest BCUT2D eigenvalue weighted by atomic mass is 35.5. The molecule has 0 fully saturated rings. The largest absolute Gasteiger partial charge is 0.393 e. The van der Waals surface area contributed by atoms with Gasteiger partial charge in [-0.3, -0.25) is 9.58 Å². The highest BCUT2D eigenvalue weighted by Gasteiger charge is 2.21. The normalized spacial score (nSPS) is 16.5. The summed E-state index contributed by atoms with van der Waals surface area (Å²) in [5, 5.41) is 23.1. The second-order valence-electron chi connectivity index (χ2n) is 5.44. The molecule has 0 saturated heterocycles. The van der Waals surface area contributed by atoms with Crippen molar-refractivity contribution in [3.63, 3.8) is 0 Å². The predicted molar refractivity (Wildman–Crippen MR) is 79.8 cm³/mol. The van der Waals surface area contributed by atoms with E-state index in [4.69, 9.17) is 16.7 Å². The molecule has 0 amide bonds. The van der Waals surface area contributed by atoms with Crippen LogP contribution in [0.4, 0.5) is 4.39 Å². The molecule has 3 rings (SSSR count). The fraction of sp³-hybridized carbons (Fsp3) is 0.400. The van der Waals surface area contributed by atoms with E-state index in [1.54, 1.807) is 12.1 Å². The minimum absolute atomic E-state index is 0.132. The standard InChI is InChI=1S/C15H17ClFN3O2/c16-12-5-10(1-2-13(12)17)7-19-3-4-20-11(8-19)6-14(18-20)15(22)9-21/h1-2,5-6,15,21-22H,3-4,7-9H2. The molecule has 2 N–H and O–H groups in total. The van der Waals surface area contributed by atoms with Crippen LogP contribution in [0.2, 0.25) is 5.02 Å². The predicted octanol–water partition coefficient (Wildman–Crippen LogP) is 1.72. The summed E-state index contributed by atoms with van der Waals surface area (Å²) in [6.07, 6.45) is -0.942. The molecule has 5 nitrogen and oxygen atoms in total. The average Bonchev–Trinajstić information content (AvgIpc) is 2.93. The number of fused-ring (bicyclic) bond motifs is 1. The molecule has 1 aliphatic rings. The maximum absolute atomic E-state index is 13.2. The number of aliphatic hydroxyl groups is 2. The van der Waals surface area contributed by atoms with E-state index in [9.17, 15) is 9.50 Å². The van der Waals surface area contributed by atoms with E-state index in [0.29, 0.717) is 25.3 Å². The Bertz CT molecular complexity index is 677. The van der Waals surface area contributed by atoms with Gasteiger partial charge in [0.25, 0.3) is 0 Å². The zero-order valence-corrected chi connectivity index (χ0v) is 12.7. The summed E-state index contributed by atoms with van der Waals surface area (Å²) < 4.78 is 15.0. The van der Waals surface area contributed by atoms with Crippen molar-refractivity contribution in [3.05, 3.63) is 52.1 Å². The third kappa shape index (κ3) is 3.15. The molecular formula is C15H17ClFN3O2. The van der Waals surface area contributed by atoms with Crippen LogP contribution in [0.3, 0.4) is 0 Å². The first-order chi connectivity index (χ1) is 10.6. The van der Waals surface area contributed by atoms with Gasteiger partial charge in [0.15, 0.2) is 0 Å². The highest BCUT2D eigenvalue weighted by Crippen LogP contribution is 2.21. The van der Waals surface area contributed by atoms with Crippen LogP contribution in [0.5, 0.6) is 0 Å². The summed E-state index contributed by atoms with van der Waals surface area (Å²) in [6, 6.07) is 6.56. The summed E-state index contributed by atoms with van der Waals surface area (Å²) in [5.41, 5.74) is 2.43. The number of benzene rings is 1. The first-order valence-corrected chi connectivity index (χ1v) is 7.46. The lowest BCUT2D eigenvalue weighted by Gasteiger charge is -2.27. The van der Waals surface area contributed by atoms with Crippen LogP contribution in [0.15, 0.2) is 24.3 Å². The van der Waals surface area contributed by atoms with Crippen molar-refractivity contribution in [3.8, 4) is 0 Å². The molecule has 1 atom stereocenters. The van der Waals surface area contributed by atoms with Crippen molar-refractivity contribution in [1.29, 1.82) is 0 Å². The summed E-state index contributed by atoms with van der Waals surface area (Å²) in [4.78, 5) is 2.20. The van der Waals surface area contributed by atoms with Gasteiger partial charge in [0.2, 0.25) is 0 Å². The van der Waals surface area contributed by atoms with E-state index in [1.807, 2.05) is 10.7 Å². The zero-order chi connectivity index (χ0) is 15.7. The van der Waals surface area contributed by atoms with Crippen molar-refractivity contribution in [1.82, 2.24) is 14.7 Å². The number of halogens is 2. The SMILES string of the molecule is OCC(O)c1cc2n(n1)CCN(Cc1ccc(F)c(Cl)c1)C2. The lowest BCUT2D eigenvalue weighted by Crippen LogP contribution is -2.33. The topological polar surface area (TPSA) is 61.5 Å². The van der Waals surface area contributed by atoms with Gasteiger partial charge in [-0.1, -0.05) is 17.7 Å². The monoisotopic (exact) mass is 325 g/mol. The van der Waals surface area contributed by atoms with Gasteiger partial charge in [-0.2, -0.15) is 5.10 Å². The second-order valence-corrected chi connectivity index (χ2v) is 5.85. The van der Waals surface area contributed by atoms with Crippen LogP contribution in [0.25, 0.3) is 0 Å². The van der Waals surface area contributed by atoms with E-state index in [-0.39, 0.29) is 11.6 Å². The number of aliphatic hydroxyl groups excluding tert-OH is 2. The van der Waals surface area contributed by atoms with Crippen molar-refractivity contribution < 1.29 is 14.6 Å². The molecule has 0 radical (unpaired) electrons. The molecule has 0 spiro atoms. The Hall–Kier alpha value is -1.47. The van der Waals surface area contributed by atoms with Gasteiger partial charge < -0.3 is 10.2 Å². The smallest absolute Gasteiger partial charge is 0.141 e. The summed E-state index contributed by atoms with van der Waals surface area (Å²) >= 11 is 5.81. The van der Waals surface area contributed by atoms with Crippen molar-refractivity contribution in [2.75, 3.05) is 13.2 Å². The van der Waals surface area contributed by atoms with Crippen LogP contribution >= 0.6 is 11.6 Å². The molecule has 2 heterocycles. The number of aromatic nitrogens is 2. The van der Waals surface area contributed by atoms with Crippen molar-refractivity contribution in [2.24, 2.45) is 0 Å². The summed E-state index contributed by atoms with van der Waals surface area (Å²) in [6.45, 7) is 2.53. The summed E-state index contributed by atoms with van der Waals surface area (Å²) in [7, 11) is 0. The second kappa shape index (κ2) is 6.34. The highest BCUT2D eigenvalue weighted by molar-refractivity contribution is 6.30. The van der Waals surface area contributed by atoms with Crippen LogP contribution in [-0.4, -0.2) is 38.0 Å². The van der Waals surface area contributed by atoms with Crippen LogP contribution in [0, 0.1) is 5.82 Å². The molecule has 22 heavy (non-hydrogen) atoms. The van der Waals surface area contributed by atoms with Gasteiger partial charge in [-0.15, -0.1) is 0 Å². The Kier molecular flexibility index (Phi) is 4.44. The molecule has 0 bridgehead atoms. The first-order valence-electron chi connectivity index (χ1n) is 7.08. The van der Waals surface area contributed by atoms with Gasteiger partial charge in [-0.05, 0) is 23.8 Å². The summed E-state index contributed by atoms with van der Waals surface area (Å²) in [5.74, 6) is -0.412. The average molecular weight is 326 g/mol. The van der Waals surface area contributed by atoms with E-state index < -0.39 is 11.9 Å². The zero-order valence-electron chi connectivity index (χ0n) is 11.9. The van der Waals surface area contributed by atoms with E-state index in [0.717, 1.165) is 17.8 Å². The van der Waals surface area contributed by atoms with Gasteiger partial charge in [0, 0.05) is 19.6 Å². The fourth-order valence-corrected chi connectivity index (χ4v) is 2.83. The van der Waals surface area contributed by atoms with E-state index >= 15 is 0 Å². The minimum Gasteiger partial charge on any atom is -0.393 e. The van der Waals surface area contributed by atoms with Crippen LogP contribution in [0.1, 0.15) is 23.1 Å². The molecule has 7 heteroatoms. The Morgan fingerprint density at radius 1 is 1.32 bits per heavy atom. The molecule has 1 aromatic heterocycles. The van der Waals surface area contributed by atoms with E-state index in [1.165, 1.54) is 6.07 Å². The minimum atomic E-state index is -0.942. The van der Waals surface area contributed by atoms with Crippen LogP contribution < -0.4 is 0 Å². The van der Waals surface area contributed by atoms with Gasteiger partial charge in [0.05, 0.1) is 29.6 Å². The Morgan fingerprint density at radius 3 is 2.86 bits per heavy atom. The molecule has 0 saturated carbocycles. The van der Waals surface area contributed by atoms with Gasteiger partial charge in [0.1, 0.15) is 11.9 Å². The van der Waals surface area contributed by atoms with Gasteiger partial charge in [-0.25, -0.2) is 4.39 Å². The Labute approximate surface area is 132 Å². The van der Waals surface area contributed by atoms with E-state index in [2.05, 4.69) is 10.00 Å².